The minimum absolute atomic E-state index is 0.0576. The second kappa shape index (κ2) is 9.31. The number of azo groups is 1. The number of nitrogens with one attached hydrogen (secondary N) is 1. The molecule has 7 nitrogen and oxygen atoms in total. The summed E-state index contributed by atoms with van der Waals surface area (Å²) in [6, 6.07) is 16.2. The molecule has 3 aromatic carbocycles. The average Bonchev–Trinajstić information content (AvgIpc) is 3.23. The molecular formula is C27H23N3O4S. The normalized spacial score (nSPS) is 13.2. The van der Waals surface area contributed by atoms with Crippen molar-refractivity contribution in [2.45, 2.75) is 32.6 Å². The van der Waals surface area contributed by atoms with Crippen molar-refractivity contribution in [3.63, 3.8) is 0 Å². The van der Waals surface area contributed by atoms with Gasteiger partial charge in [-0.3, -0.25) is 4.79 Å². The topological polar surface area (TPSA) is 111 Å². The van der Waals surface area contributed by atoms with Crippen molar-refractivity contribution in [1.82, 2.24) is 0 Å². The number of phenols is 1. The van der Waals surface area contributed by atoms with Crippen LogP contribution in [0.4, 0.5) is 16.4 Å². The number of carboxylic acid groups (broad SMARTS) is 1. The van der Waals surface area contributed by atoms with Crippen molar-refractivity contribution >= 4 is 50.4 Å². The summed E-state index contributed by atoms with van der Waals surface area (Å²) in [4.78, 5) is 26.1. The summed E-state index contributed by atoms with van der Waals surface area (Å²) >= 11 is 1.33. The van der Waals surface area contributed by atoms with Gasteiger partial charge in [0.1, 0.15) is 11.3 Å². The van der Waals surface area contributed by atoms with E-state index in [0.717, 1.165) is 35.3 Å². The first-order valence-electron chi connectivity index (χ1n) is 11.3. The minimum atomic E-state index is -1.03. The van der Waals surface area contributed by atoms with Gasteiger partial charge in [-0.1, -0.05) is 42.0 Å². The first-order valence-corrected chi connectivity index (χ1v) is 12.2. The Morgan fingerprint density at radius 1 is 1.00 bits per heavy atom. The van der Waals surface area contributed by atoms with E-state index in [9.17, 15) is 19.8 Å². The van der Waals surface area contributed by atoms with Crippen LogP contribution in [-0.2, 0) is 12.8 Å². The van der Waals surface area contributed by atoms with Crippen molar-refractivity contribution in [2.24, 2.45) is 10.2 Å². The Hall–Kier alpha value is -4.04. The number of carboxylic acids is 1. The van der Waals surface area contributed by atoms with Crippen LogP contribution in [0.2, 0.25) is 0 Å². The zero-order chi connectivity index (χ0) is 24.5. The fourth-order valence-electron chi connectivity index (χ4n) is 4.37. The van der Waals surface area contributed by atoms with E-state index >= 15 is 0 Å². The monoisotopic (exact) mass is 485 g/mol. The number of rotatable bonds is 5. The number of phenolic OH excluding ortho intramolecular Hbond substituents is 1. The molecular weight excluding hydrogens is 462 g/mol. The minimum Gasteiger partial charge on any atom is -0.505 e. The number of fused-ring (bicyclic) bond motifs is 2. The Balaban J connectivity index is 1.58. The Bertz CT molecular complexity index is 1490. The van der Waals surface area contributed by atoms with Gasteiger partial charge in [0.2, 0.25) is 0 Å². The Labute approximate surface area is 205 Å². The van der Waals surface area contributed by atoms with Crippen LogP contribution in [0.5, 0.6) is 5.75 Å². The van der Waals surface area contributed by atoms with Gasteiger partial charge in [-0.05, 0) is 61.8 Å². The summed E-state index contributed by atoms with van der Waals surface area (Å²) in [5.41, 5.74) is 2.87. The zero-order valence-electron chi connectivity index (χ0n) is 19.0. The third-order valence-corrected chi connectivity index (χ3v) is 7.33. The van der Waals surface area contributed by atoms with Crippen LogP contribution in [0.15, 0.2) is 64.8 Å². The SMILES string of the molecule is Cc1ccc(NC(=O)c2cc3ccccc3c(N=Nc3sc4c(c3C(=O)O)CCCC4)c2O)cc1. The standard InChI is InChI=1S/C27H23N3O4S/c1-15-10-12-17(13-11-15)28-25(32)20-14-16-6-2-3-7-18(16)23(24(20)31)29-30-26-22(27(33)34)19-8-4-5-9-21(19)35-26/h2-3,6-7,10-14,31H,4-5,8-9H2,1H3,(H,28,32)(H,33,34). The molecule has 4 aromatic rings. The maximum absolute atomic E-state index is 13.0. The van der Waals surface area contributed by atoms with Crippen LogP contribution in [0.25, 0.3) is 10.8 Å². The fraction of sp³-hybridized carbons (Fsp3) is 0.185. The molecule has 1 aliphatic rings. The summed E-state index contributed by atoms with van der Waals surface area (Å²) in [5, 5.41) is 33.9. The van der Waals surface area contributed by atoms with Gasteiger partial charge >= 0.3 is 5.97 Å². The summed E-state index contributed by atoms with van der Waals surface area (Å²) in [5.74, 6) is -1.82. The molecule has 0 saturated heterocycles. The third-order valence-electron chi connectivity index (χ3n) is 6.16. The molecule has 35 heavy (non-hydrogen) atoms. The van der Waals surface area contributed by atoms with E-state index in [1.165, 1.54) is 11.3 Å². The molecule has 8 heteroatoms. The molecule has 176 valence electrons. The number of carbonyl (C=O) groups excluding carboxylic acids is 1. The molecule has 0 radical (unpaired) electrons. The van der Waals surface area contributed by atoms with Crippen LogP contribution >= 0.6 is 11.3 Å². The van der Waals surface area contributed by atoms with Crippen molar-refractivity contribution in [3.8, 4) is 5.75 Å². The first-order chi connectivity index (χ1) is 16.9. The quantitative estimate of drug-likeness (QED) is 0.260. The molecule has 5 rings (SSSR count). The van der Waals surface area contributed by atoms with E-state index in [1.54, 1.807) is 30.3 Å². The largest absolute Gasteiger partial charge is 0.505 e. The number of anilines is 1. The number of aryl methyl sites for hydroxylation is 2. The number of carbonyl (C=O) groups is 2. The lowest BCUT2D eigenvalue weighted by molar-refractivity contribution is 0.0696. The van der Waals surface area contributed by atoms with E-state index in [-0.39, 0.29) is 22.6 Å². The van der Waals surface area contributed by atoms with Gasteiger partial charge < -0.3 is 15.5 Å². The molecule has 0 bridgehead atoms. The van der Waals surface area contributed by atoms with E-state index in [0.29, 0.717) is 27.9 Å². The van der Waals surface area contributed by atoms with E-state index in [4.69, 9.17) is 0 Å². The lowest BCUT2D eigenvalue weighted by Gasteiger charge is -2.11. The summed E-state index contributed by atoms with van der Waals surface area (Å²) in [6.45, 7) is 1.96. The highest BCUT2D eigenvalue weighted by Crippen LogP contribution is 2.43. The summed E-state index contributed by atoms with van der Waals surface area (Å²) in [6.07, 6.45) is 3.52. The van der Waals surface area contributed by atoms with Crippen molar-refractivity contribution in [2.75, 3.05) is 5.32 Å². The predicted octanol–water partition coefficient (Wildman–Crippen LogP) is 7.16. The summed E-state index contributed by atoms with van der Waals surface area (Å²) in [7, 11) is 0. The molecule has 1 aromatic heterocycles. The number of thiophene rings is 1. The Kier molecular flexibility index (Phi) is 6.05. The maximum Gasteiger partial charge on any atom is 0.339 e. The molecule has 3 N–H and O–H groups in total. The fourth-order valence-corrected chi connectivity index (χ4v) is 5.57. The van der Waals surface area contributed by atoms with E-state index in [1.807, 2.05) is 31.2 Å². The molecule has 0 spiro atoms. The van der Waals surface area contributed by atoms with Crippen LogP contribution in [0, 0.1) is 6.92 Å². The molecule has 0 fully saturated rings. The number of aromatic carboxylic acids is 1. The lowest BCUT2D eigenvalue weighted by atomic mass is 9.96. The molecule has 1 aliphatic carbocycles. The van der Waals surface area contributed by atoms with Gasteiger partial charge in [0.25, 0.3) is 5.91 Å². The zero-order valence-corrected chi connectivity index (χ0v) is 19.9. The van der Waals surface area contributed by atoms with Gasteiger partial charge in [-0.25, -0.2) is 4.79 Å². The second-order valence-corrected chi connectivity index (χ2v) is 9.64. The van der Waals surface area contributed by atoms with Gasteiger partial charge in [-0.15, -0.1) is 21.6 Å². The number of hydrogen-bond acceptors (Lipinski definition) is 6. The number of aromatic hydroxyl groups is 1. The van der Waals surface area contributed by atoms with Crippen LogP contribution in [0.1, 0.15) is 49.6 Å². The van der Waals surface area contributed by atoms with Crippen molar-refractivity contribution < 1.29 is 19.8 Å². The number of amides is 1. The van der Waals surface area contributed by atoms with Gasteiger partial charge in [0.15, 0.2) is 10.8 Å². The smallest absolute Gasteiger partial charge is 0.339 e. The van der Waals surface area contributed by atoms with E-state index in [2.05, 4.69) is 15.5 Å². The summed E-state index contributed by atoms with van der Waals surface area (Å²) < 4.78 is 0. The number of hydrogen-bond donors (Lipinski definition) is 3. The molecule has 0 saturated carbocycles. The van der Waals surface area contributed by atoms with Crippen molar-refractivity contribution in [3.05, 3.63) is 81.7 Å². The predicted molar refractivity (Wildman–Crippen MR) is 137 cm³/mol. The molecule has 0 aliphatic heterocycles. The molecule has 0 atom stereocenters. The maximum atomic E-state index is 13.0. The highest BCUT2D eigenvalue weighted by molar-refractivity contribution is 7.16. The average molecular weight is 486 g/mol. The second-order valence-electron chi connectivity index (χ2n) is 8.56. The van der Waals surface area contributed by atoms with Crippen LogP contribution < -0.4 is 5.32 Å². The van der Waals surface area contributed by atoms with Crippen LogP contribution in [-0.4, -0.2) is 22.1 Å². The van der Waals surface area contributed by atoms with Crippen molar-refractivity contribution in [1.29, 1.82) is 0 Å². The number of nitrogens with zero attached hydrogens (tertiary/aromatic N) is 2. The van der Waals surface area contributed by atoms with Crippen LogP contribution in [0.3, 0.4) is 0 Å². The number of benzene rings is 3. The van der Waals surface area contributed by atoms with Gasteiger partial charge in [0.05, 0.1) is 5.56 Å². The lowest BCUT2D eigenvalue weighted by Crippen LogP contribution is -2.12. The Morgan fingerprint density at radius 3 is 2.51 bits per heavy atom. The Morgan fingerprint density at radius 2 is 1.74 bits per heavy atom. The van der Waals surface area contributed by atoms with Gasteiger partial charge in [0, 0.05) is 16.0 Å². The third kappa shape index (κ3) is 4.40. The highest BCUT2D eigenvalue weighted by atomic mass is 32.1. The molecule has 1 amide bonds. The molecule has 1 heterocycles. The first kappa shape index (κ1) is 22.7. The van der Waals surface area contributed by atoms with E-state index < -0.39 is 11.9 Å². The highest BCUT2D eigenvalue weighted by Gasteiger charge is 2.25. The molecule has 0 unspecified atom stereocenters. The van der Waals surface area contributed by atoms with Gasteiger partial charge in [-0.2, -0.15) is 0 Å².